The van der Waals surface area contributed by atoms with E-state index >= 15 is 0 Å². The summed E-state index contributed by atoms with van der Waals surface area (Å²) in [7, 11) is 0. The predicted molar refractivity (Wildman–Crippen MR) is 78.9 cm³/mol. The lowest BCUT2D eigenvalue weighted by Gasteiger charge is -2.13. The number of carbonyl (C=O) groups excluding carboxylic acids is 4. The van der Waals surface area contributed by atoms with Gasteiger partial charge in [0.05, 0.1) is 30.9 Å². The number of amides is 2. The number of rotatable bonds is 8. The van der Waals surface area contributed by atoms with Crippen LogP contribution in [-0.4, -0.2) is 54.8 Å². The fourth-order valence-corrected chi connectivity index (χ4v) is 2.17. The van der Waals surface area contributed by atoms with E-state index in [1.165, 1.54) is 6.92 Å². The first-order valence-electron chi connectivity index (χ1n) is 7.18. The molecule has 0 saturated carbocycles. The van der Waals surface area contributed by atoms with Gasteiger partial charge in [-0.05, 0) is 19.1 Å². The number of esters is 1. The molecule has 1 aliphatic rings. The van der Waals surface area contributed by atoms with E-state index < -0.39 is 5.97 Å². The lowest BCUT2D eigenvalue weighted by atomic mass is 10.1. The number of fused-ring (bicyclic) bond motifs is 1. The van der Waals surface area contributed by atoms with Gasteiger partial charge in [0, 0.05) is 0 Å². The Balaban J connectivity index is 1.68. The van der Waals surface area contributed by atoms with Gasteiger partial charge in [-0.3, -0.25) is 24.1 Å². The summed E-state index contributed by atoms with van der Waals surface area (Å²) >= 11 is 0. The summed E-state index contributed by atoms with van der Waals surface area (Å²) in [6.45, 7) is 1.74. The standard InChI is InChI=1S/C16H17NO6/c1-11(18)10-14(19)23-9-8-22-7-6-17-15(20)12-4-2-3-5-13(12)16(17)21/h2-5H,6-10H2,1H3. The molecule has 0 N–H and O–H groups in total. The van der Waals surface area contributed by atoms with Gasteiger partial charge in [-0.2, -0.15) is 0 Å². The molecule has 1 heterocycles. The molecule has 0 atom stereocenters. The van der Waals surface area contributed by atoms with Gasteiger partial charge >= 0.3 is 5.97 Å². The Hall–Kier alpha value is -2.54. The molecule has 7 nitrogen and oxygen atoms in total. The predicted octanol–water partition coefficient (Wildman–Crippen LogP) is 0.822. The molecular formula is C16H17NO6. The number of nitrogens with zero attached hydrogens (tertiary/aromatic N) is 1. The third-order valence-electron chi connectivity index (χ3n) is 3.22. The van der Waals surface area contributed by atoms with Gasteiger partial charge in [-0.15, -0.1) is 0 Å². The highest BCUT2D eigenvalue weighted by Gasteiger charge is 2.34. The van der Waals surface area contributed by atoms with Crippen LogP contribution in [0.3, 0.4) is 0 Å². The zero-order valence-corrected chi connectivity index (χ0v) is 12.7. The molecule has 0 aliphatic carbocycles. The van der Waals surface area contributed by atoms with Gasteiger partial charge < -0.3 is 9.47 Å². The van der Waals surface area contributed by atoms with Crippen molar-refractivity contribution in [3.63, 3.8) is 0 Å². The van der Waals surface area contributed by atoms with E-state index in [4.69, 9.17) is 9.47 Å². The largest absolute Gasteiger partial charge is 0.463 e. The van der Waals surface area contributed by atoms with E-state index in [0.29, 0.717) is 11.1 Å². The topological polar surface area (TPSA) is 90.0 Å². The number of carbonyl (C=O) groups is 4. The van der Waals surface area contributed by atoms with Crippen LogP contribution < -0.4 is 0 Å². The number of Topliss-reactive ketones (excluding diaryl/α,β-unsaturated/α-hetero) is 1. The molecule has 0 saturated heterocycles. The van der Waals surface area contributed by atoms with Crippen LogP contribution in [0, 0.1) is 0 Å². The summed E-state index contributed by atoms with van der Waals surface area (Å²) in [6, 6.07) is 6.65. The Labute approximate surface area is 133 Å². The lowest BCUT2D eigenvalue weighted by molar-refractivity contribution is -0.147. The Bertz CT molecular complexity index is 604. The Morgan fingerprint density at radius 2 is 1.61 bits per heavy atom. The fraction of sp³-hybridized carbons (Fsp3) is 0.375. The number of imide groups is 1. The maximum Gasteiger partial charge on any atom is 0.313 e. The van der Waals surface area contributed by atoms with Crippen LogP contribution in [0.15, 0.2) is 24.3 Å². The Morgan fingerprint density at radius 3 is 2.17 bits per heavy atom. The van der Waals surface area contributed by atoms with E-state index in [0.717, 1.165) is 4.90 Å². The van der Waals surface area contributed by atoms with E-state index in [-0.39, 0.29) is 50.4 Å². The van der Waals surface area contributed by atoms with Gasteiger partial charge in [0.2, 0.25) is 0 Å². The first kappa shape index (κ1) is 16.8. The van der Waals surface area contributed by atoms with E-state index in [9.17, 15) is 19.2 Å². The number of ether oxygens (including phenoxy) is 2. The van der Waals surface area contributed by atoms with Crippen molar-refractivity contribution in [2.75, 3.05) is 26.4 Å². The second-order valence-corrected chi connectivity index (χ2v) is 5.02. The first-order valence-corrected chi connectivity index (χ1v) is 7.18. The summed E-state index contributed by atoms with van der Waals surface area (Å²) in [5.74, 6) is -1.52. The quantitative estimate of drug-likeness (QED) is 0.305. The number of hydrogen-bond acceptors (Lipinski definition) is 6. The molecule has 0 spiro atoms. The highest BCUT2D eigenvalue weighted by atomic mass is 16.6. The Morgan fingerprint density at radius 1 is 1.00 bits per heavy atom. The summed E-state index contributed by atoms with van der Waals surface area (Å²) < 4.78 is 10.0. The number of benzene rings is 1. The van der Waals surface area contributed by atoms with Crippen LogP contribution in [-0.2, 0) is 19.1 Å². The molecule has 0 fully saturated rings. The maximum atomic E-state index is 12.1. The monoisotopic (exact) mass is 319 g/mol. The number of hydrogen-bond donors (Lipinski definition) is 0. The van der Waals surface area contributed by atoms with Crippen molar-refractivity contribution >= 4 is 23.6 Å². The minimum atomic E-state index is -0.596. The fourth-order valence-electron chi connectivity index (χ4n) is 2.17. The van der Waals surface area contributed by atoms with Crippen molar-refractivity contribution < 1.29 is 28.7 Å². The van der Waals surface area contributed by atoms with E-state index in [1.54, 1.807) is 24.3 Å². The first-order chi connectivity index (χ1) is 11.0. The van der Waals surface area contributed by atoms with Gasteiger partial charge in [0.15, 0.2) is 0 Å². The smallest absolute Gasteiger partial charge is 0.313 e. The molecule has 1 aromatic rings. The summed E-state index contributed by atoms with van der Waals surface area (Å²) in [5, 5.41) is 0. The van der Waals surface area contributed by atoms with Crippen molar-refractivity contribution in [3.05, 3.63) is 35.4 Å². The molecule has 0 aromatic heterocycles. The van der Waals surface area contributed by atoms with Crippen LogP contribution in [0.4, 0.5) is 0 Å². The molecule has 122 valence electrons. The van der Waals surface area contributed by atoms with Crippen molar-refractivity contribution in [1.82, 2.24) is 4.90 Å². The summed E-state index contributed by atoms with van der Waals surface area (Å²) in [6.07, 6.45) is -0.255. The SMILES string of the molecule is CC(=O)CC(=O)OCCOCCN1C(=O)c2ccccc2C1=O. The van der Waals surface area contributed by atoms with Crippen LogP contribution in [0.5, 0.6) is 0 Å². The molecule has 2 amide bonds. The van der Waals surface area contributed by atoms with Crippen LogP contribution in [0.2, 0.25) is 0 Å². The Kier molecular flexibility index (Phi) is 5.59. The lowest BCUT2D eigenvalue weighted by Crippen LogP contribution is -2.33. The summed E-state index contributed by atoms with van der Waals surface area (Å²) in [4.78, 5) is 47.1. The molecular weight excluding hydrogens is 302 g/mol. The zero-order valence-electron chi connectivity index (χ0n) is 12.7. The van der Waals surface area contributed by atoms with Crippen LogP contribution in [0.25, 0.3) is 0 Å². The third-order valence-corrected chi connectivity index (χ3v) is 3.22. The average molecular weight is 319 g/mol. The van der Waals surface area contributed by atoms with Crippen molar-refractivity contribution in [1.29, 1.82) is 0 Å². The van der Waals surface area contributed by atoms with Gasteiger partial charge in [0.25, 0.3) is 11.8 Å². The molecule has 23 heavy (non-hydrogen) atoms. The van der Waals surface area contributed by atoms with Crippen molar-refractivity contribution in [2.24, 2.45) is 0 Å². The van der Waals surface area contributed by atoms with Gasteiger partial charge in [-0.1, -0.05) is 12.1 Å². The number of ketones is 1. The van der Waals surface area contributed by atoms with Gasteiger partial charge in [-0.25, -0.2) is 0 Å². The second-order valence-electron chi connectivity index (χ2n) is 5.02. The molecule has 1 aromatic carbocycles. The normalized spacial score (nSPS) is 13.2. The van der Waals surface area contributed by atoms with Gasteiger partial charge in [0.1, 0.15) is 18.8 Å². The van der Waals surface area contributed by atoms with E-state index in [2.05, 4.69) is 0 Å². The van der Waals surface area contributed by atoms with Crippen molar-refractivity contribution in [3.8, 4) is 0 Å². The second kappa shape index (κ2) is 7.64. The summed E-state index contributed by atoms with van der Waals surface area (Å²) in [5.41, 5.74) is 0.798. The molecule has 2 rings (SSSR count). The molecule has 7 heteroatoms. The minimum Gasteiger partial charge on any atom is -0.463 e. The zero-order chi connectivity index (χ0) is 16.8. The molecule has 1 aliphatic heterocycles. The van der Waals surface area contributed by atoms with Crippen LogP contribution in [0.1, 0.15) is 34.1 Å². The molecule has 0 radical (unpaired) electrons. The minimum absolute atomic E-state index is 0.0221. The highest BCUT2D eigenvalue weighted by Crippen LogP contribution is 2.21. The third kappa shape index (κ3) is 4.23. The highest BCUT2D eigenvalue weighted by molar-refractivity contribution is 6.21. The maximum absolute atomic E-state index is 12.1. The molecule has 0 bridgehead atoms. The average Bonchev–Trinajstić information content (AvgIpc) is 2.75. The van der Waals surface area contributed by atoms with E-state index in [1.807, 2.05) is 0 Å². The molecule has 0 unspecified atom stereocenters. The van der Waals surface area contributed by atoms with Crippen LogP contribution >= 0.6 is 0 Å². The van der Waals surface area contributed by atoms with Crippen molar-refractivity contribution in [2.45, 2.75) is 13.3 Å².